The van der Waals surface area contributed by atoms with Crippen molar-refractivity contribution in [3.8, 4) is 0 Å². The van der Waals surface area contributed by atoms with Crippen LogP contribution < -0.4 is 0 Å². The minimum absolute atomic E-state index is 0.0188. The van der Waals surface area contributed by atoms with Gasteiger partial charge in [0.1, 0.15) is 0 Å². The van der Waals surface area contributed by atoms with Crippen LogP contribution in [0.2, 0.25) is 0 Å². The van der Waals surface area contributed by atoms with Crippen molar-refractivity contribution in [1.29, 1.82) is 0 Å². The molecule has 0 bridgehead atoms. The summed E-state index contributed by atoms with van der Waals surface area (Å²) in [4.78, 5) is 15.0. The molecular formula is C20H22N4O. The van der Waals surface area contributed by atoms with Gasteiger partial charge in [-0.1, -0.05) is 32.0 Å². The topological polar surface area (TPSA) is 50.5 Å². The van der Waals surface area contributed by atoms with Gasteiger partial charge in [0.2, 0.25) is 0 Å². The highest BCUT2D eigenvalue weighted by Crippen LogP contribution is 2.32. The molecule has 0 N–H and O–H groups in total. The molecule has 128 valence electrons. The average molecular weight is 334 g/mol. The third kappa shape index (κ3) is 2.80. The molecule has 1 aliphatic heterocycles. The molecule has 1 saturated heterocycles. The van der Waals surface area contributed by atoms with E-state index in [9.17, 15) is 4.79 Å². The summed E-state index contributed by atoms with van der Waals surface area (Å²) in [6.45, 7) is 5.07. The third-order valence-electron chi connectivity index (χ3n) is 4.98. The molecule has 0 aliphatic carbocycles. The van der Waals surface area contributed by atoms with E-state index < -0.39 is 0 Å². The molecule has 1 amide bonds. The maximum Gasteiger partial charge on any atom is 0.254 e. The lowest BCUT2D eigenvalue weighted by molar-refractivity contribution is 0.0729. The predicted octanol–water partition coefficient (Wildman–Crippen LogP) is 3.83. The van der Waals surface area contributed by atoms with Crippen LogP contribution in [0, 0.1) is 0 Å². The van der Waals surface area contributed by atoms with Crippen molar-refractivity contribution in [1.82, 2.24) is 19.5 Å². The van der Waals surface area contributed by atoms with E-state index in [0.29, 0.717) is 5.92 Å². The molecule has 1 aromatic carbocycles. The molecule has 0 saturated carbocycles. The van der Waals surface area contributed by atoms with Gasteiger partial charge >= 0.3 is 0 Å². The monoisotopic (exact) mass is 334 g/mol. The second kappa shape index (κ2) is 6.31. The number of likely N-dealkylation sites (tertiary alicyclic amines) is 1. The van der Waals surface area contributed by atoms with Crippen molar-refractivity contribution < 1.29 is 4.79 Å². The summed E-state index contributed by atoms with van der Waals surface area (Å²) >= 11 is 0. The largest absolute Gasteiger partial charge is 0.328 e. The first-order valence-electron chi connectivity index (χ1n) is 8.86. The molecule has 0 spiro atoms. The Kier molecular flexibility index (Phi) is 3.99. The van der Waals surface area contributed by atoms with Gasteiger partial charge in [-0.15, -0.1) is 10.2 Å². The smallest absolute Gasteiger partial charge is 0.254 e. The summed E-state index contributed by atoms with van der Waals surface area (Å²) in [5.41, 5.74) is 2.81. The maximum atomic E-state index is 13.0. The summed E-state index contributed by atoms with van der Waals surface area (Å²) in [5, 5.41) is 8.60. The maximum absolute atomic E-state index is 13.0. The van der Waals surface area contributed by atoms with Crippen LogP contribution in [0.25, 0.3) is 5.65 Å². The first-order chi connectivity index (χ1) is 12.1. The molecule has 2 aromatic heterocycles. The van der Waals surface area contributed by atoms with E-state index in [1.54, 1.807) is 0 Å². The quantitative estimate of drug-likeness (QED) is 0.731. The van der Waals surface area contributed by atoms with Gasteiger partial charge in [-0.2, -0.15) is 0 Å². The fourth-order valence-electron chi connectivity index (χ4n) is 3.54. The van der Waals surface area contributed by atoms with Gasteiger partial charge in [0, 0.05) is 18.3 Å². The Morgan fingerprint density at radius 3 is 2.68 bits per heavy atom. The SMILES string of the molecule is CC(C)c1ccc(C(=O)N2CCCC2c2nnc3ccccn23)cc1. The van der Waals surface area contributed by atoms with Crippen LogP contribution in [0.3, 0.4) is 0 Å². The number of nitrogens with zero attached hydrogens (tertiary/aromatic N) is 4. The van der Waals surface area contributed by atoms with E-state index in [0.717, 1.165) is 36.4 Å². The first kappa shape index (κ1) is 15.8. The van der Waals surface area contributed by atoms with Crippen molar-refractivity contribution in [2.24, 2.45) is 0 Å². The number of benzene rings is 1. The van der Waals surface area contributed by atoms with E-state index in [1.807, 2.05) is 45.8 Å². The number of hydrogen-bond acceptors (Lipinski definition) is 3. The highest BCUT2D eigenvalue weighted by atomic mass is 16.2. The summed E-state index contributed by atoms with van der Waals surface area (Å²) in [6, 6.07) is 13.8. The molecule has 1 unspecified atom stereocenters. The van der Waals surface area contributed by atoms with E-state index in [1.165, 1.54) is 5.56 Å². The van der Waals surface area contributed by atoms with Gasteiger partial charge in [-0.25, -0.2) is 0 Å². The van der Waals surface area contributed by atoms with Gasteiger partial charge < -0.3 is 4.90 Å². The molecule has 1 fully saturated rings. The number of pyridine rings is 1. The molecule has 1 aliphatic rings. The Morgan fingerprint density at radius 1 is 1.12 bits per heavy atom. The molecule has 25 heavy (non-hydrogen) atoms. The second-order valence-corrected chi connectivity index (χ2v) is 6.92. The van der Waals surface area contributed by atoms with Gasteiger partial charge in [0.15, 0.2) is 11.5 Å². The van der Waals surface area contributed by atoms with Crippen molar-refractivity contribution in [2.45, 2.75) is 38.6 Å². The minimum Gasteiger partial charge on any atom is -0.328 e. The number of rotatable bonds is 3. The highest BCUT2D eigenvalue weighted by molar-refractivity contribution is 5.94. The molecule has 4 rings (SSSR count). The van der Waals surface area contributed by atoms with E-state index in [-0.39, 0.29) is 11.9 Å². The molecule has 0 radical (unpaired) electrons. The Labute approximate surface area is 147 Å². The summed E-state index contributed by atoms with van der Waals surface area (Å²) in [7, 11) is 0. The molecule has 5 nitrogen and oxygen atoms in total. The summed E-state index contributed by atoms with van der Waals surface area (Å²) in [6.07, 6.45) is 3.87. The van der Waals surface area contributed by atoms with Gasteiger partial charge in [-0.3, -0.25) is 9.20 Å². The zero-order chi connectivity index (χ0) is 17.4. The molecule has 3 heterocycles. The summed E-state index contributed by atoms with van der Waals surface area (Å²) in [5.74, 6) is 1.39. The second-order valence-electron chi connectivity index (χ2n) is 6.92. The Morgan fingerprint density at radius 2 is 1.92 bits per heavy atom. The number of amides is 1. The van der Waals surface area contributed by atoms with Crippen molar-refractivity contribution in [3.63, 3.8) is 0 Å². The zero-order valence-corrected chi connectivity index (χ0v) is 14.6. The van der Waals surface area contributed by atoms with Crippen molar-refractivity contribution in [2.75, 3.05) is 6.54 Å². The van der Waals surface area contributed by atoms with Crippen LogP contribution in [-0.4, -0.2) is 31.9 Å². The lowest BCUT2D eigenvalue weighted by Crippen LogP contribution is -2.31. The van der Waals surface area contributed by atoms with Gasteiger partial charge in [-0.05, 0) is 48.6 Å². The molecule has 3 aromatic rings. The van der Waals surface area contributed by atoms with E-state index in [2.05, 4.69) is 36.2 Å². The van der Waals surface area contributed by atoms with E-state index >= 15 is 0 Å². The highest BCUT2D eigenvalue weighted by Gasteiger charge is 2.33. The number of fused-ring (bicyclic) bond motifs is 1. The lowest BCUT2D eigenvalue weighted by atomic mass is 10.0. The number of carbonyl (C=O) groups is 1. The summed E-state index contributed by atoms with van der Waals surface area (Å²) < 4.78 is 1.98. The fraction of sp³-hybridized carbons (Fsp3) is 0.350. The Hall–Kier alpha value is -2.69. The van der Waals surface area contributed by atoms with Crippen LogP contribution in [0.1, 0.15) is 60.4 Å². The molecular weight excluding hydrogens is 312 g/mol. The zero-order valence-electron chi connectivity index (χ0n) is 14.6. The fourth-order valence-corrected chi connectivity index (χ4v) is 3.54. The minimum atomic E-state index is -0.0188. The van der Waals surface area contributed by atoms with Crippen LogP contribution in [0.4, 0.5) is 0 Å². The van der Waals surface area contributed by atoms with Crippen molar-refractivity contribution in [3.05, 3.63) is 65.6 Å². The van der Waals surface area contributed by atoms with Crippen LogP contribution in [-0.2, 0) is 0 Å². The van der Waals surface area contributed by atoms with Crippen LogP contribution >= 0.6 is 0 Å². The first-order valence-corrected chi connectivity index (χ1v) is 8.86. The standard InChI is InChI=1S/C20H22N4O/c1-14(2)15-8-10-16(11-9-15)20(25)23-13-5-6-17(23)19-22-21-18-7-3-4-12-24(18)19/h3-4,7-12,14,17H,5-6,13H2,1-2H3. The Bertz CT molecular complexity index is 897. The normalized spacial score (nSPS) is 17.6. The Balaban J connectivity index is 1.64. The van der Waals surface area contributed by atoms with Crippen LogP contribution in [0.5, 0.6) is 0 Å². The molecule has 1 atom stereocenters. The average Bonchev–Trinajstić information content (AvgIpc) is 3.27. The lowest BCUT2D eigenvalue weighted by Gasteiger charge is -2.23. The molecule has 5 heteroatoms. The number of aromatic nitrogens is 3. The van der Waals surface area contributed by atoms with Gasteiger partial charge in [0.05, 0.1) is 6.04 Å². The number of carbonyl (C=O) groups excluding carboxylic acids is 1. The predicted molar refractivity (Wildman–Crippen MR) is 96.5 cm³/mol. The number of hydrogen-bond donors (Lipinski definition) is 0. The van der Waals surface area contributed by atoms with Crippen molar-refractivity contribution >= 4 is 11.6 Å². The third-order valence-corrected chi connectivity index (χ3v) is 4.98. The van der Waals surface area contributed by atoms with Gasteiger partial charge in [0.25, 0.3) is 5.91 Å². The van der Waals surface area contributed by atoms with E-state index in [4.69, 9.17) is 0 Å². The van der Waals surface area contributed by atoms with Crippen LogP contribution in [0.15, 0.2) is 48.7 Å².